The molecular weight excluding hydrogens is 233 g/mol. The van der Waals surface area contributed by atoms with Crippen molar-refractivity contribution in [1.29, 1.82) is 0 Å². The summed E-state index contributed by atoms with van der Waals surface area (Å²) in [5.41, 5.74) is 2.28. The highest BCUT2D eigenvalue weighted by Gasteiger charge is 2.07. The number of benzene rings is 1. The van der Waals surface area contributed by atoms with Gasteiger partial charge in [-0.3, -0.25) is 0 Å². The third kappa shape index (κ3) is 1.79. The van der Waals surface area contributed by atoms with Gasteiger partial charge in [0.25, 0.3) is 0 Å². The zero-order chi connectivity index (χ0) is 12.5. The van der Waals surface area contributed by atoms with Crippen molar-refractivity contribution in [3.8, 4) is 17.3 Å². The molecule has 0 saturated heterocycles. The number of H-pyrrole nitrogens is 1. The van der Waals surface area contributed by atoms with Gasteiger partial charge < -0.3 is 9.72 Å². The van der Waals surface area contributed by atoms with Crippen LogP contribution < -0.4 is 4.74 Å². The van der Waals surface area contributed by atoms with Gasteiger partial charge in [0.1, 0.15) is 17.3 Å². The Labute approximate surface area is 102 Å². The normalized spacial score (nSPS) is 10.8. The summed E-state index contributed by atoms with van der Waals surface area (Å²) in [6.07, 6.45) is 1.17. The molecule has 18 heavy (non-hydrogen) atoms. The van der Waals surface area contributed by atoms with Crippen molar-refractivity contribution in [2.75, 3.05) is 7.11 Å². The highest BCUT2D eigenvalue weighted by atomic mass is 19.1. The Bertz CT molecular complexity index is 691. The van der Waals surface area contributed by atoms with E-state index in [4.69, 9.17) is 4.74 Å². The van der Waals surface area contributed by atoms with E-state index in [1.54, 1.807) is 13.2 Å². The number of nitrogens with one attached hydrogen (secondary N) is 1. The van der Waals surface area contributed by atoms with Crippen molar-refractivity contribution in [1.82, 2.24) is 15.0 Å². The molecule has 3 aromatic rings. The van der Waals surface area contributed by atoms with Crippen LogP contribution in [-0.2, 0) is 0 Å². The summed E-state index contributed by atoms with van der Waals surface area (Å²) < 4.78 is 17.9. The molecule has 0 aliphatic heterocycles. The Morgan fingerprint density at radius 1 is 1.22 bits per heavy atom. The van der Waals surface area contributed by atoms with Crippen LogP contribution in [0.25, 0.3) is 22.6 Å². The number of nitrogens with zero attached hydrogens (tertiary/aromatic N) is 2. The third-order valence-corrected chi connectivity index (χ3v) is 2.66. The van der Waals surface area contributed by atoms with Crippen LogP contribution >= 0.6 is 0 Å². The summed E-state index contributed by atoms with van der Waals surface area (Å²) in [4.78, 5) is 11.5. The van der Waals surface area contributed by atoms with Gasteiger partial charge in [-0.15, -0.1) is 0 Å². The van der Waals surface area contributed by atoms with E-state index in [2.05, 4.69) is 15.0 Å². The average molecular weight is 243 g/mol. The molecule has 2 heterocycles. The van der Waals surface area contributed by atoms with Crippen molar-refractivity contribution in [3.05, 3.63) is 42.3 Å². The topological polar surface area (TPSA) is 50.8 Å². The number of aromatic amines is 1. The van der Waals surface area contributed by atoms with E-state index in [9.17, 15) is 4.39 Å². The molecular formula is C13H10FN3O. The minimum Gasteiger partial charge on any atom is -0.497 e. The van der Waals surface area contributed by atoms with Crippen LogP contribution in [0, 0.1) is 5.82 Å². The number of fused-ring (bicyclic) bond motifs is 1. The summed E-state index contributed by atoms with van der Waals surface area (Å²) in [5, 5.41) is 0. The monoisotopic (exact) mass is 243 g/mol. The first-order chi connectivity index (χ1) is 8.76. The molecule has 5 heteroatoms. The van der Waals surface area contributed by atoms with Gasteiger partial charge in [-0.1, -0.05) is 0 Å². The second kappa shape index (κ2) is 4.10. The fourth-order valence-electron chi connectivity index (χ4n) is 1.75. The number of pyridine rings is 1. The first kappa shape index (κ1) is 10.7. The Morgan fingerprint density at radius 2 is 2.11 bits per heavy atom. The van der Waals surface area contributed by atoms with Crippen LogP contribution in [0.15, 0.2) is 36.5 Å². The highest BCUT2D eigenvalue weighted by Crippen LogP contribution is 2.22. The fraction of sp³-hybridized carbons (Fsp3) is 0.0769. The Hall–Kier alpha value is -2.43. The first-order valence-corrected chi connectivity index (χ1v) is 5.42. The molecule has 0 fully saturated rings. The van der Waals surface area contributed by atoms with Gasteiger partial charge in [0.05, 0.1) is 24.3 Å². The van der Waals surface area contributed by atoms with Crippen LogP contribution in [0.2, 0.25) is 0 Å². The molecule has 0 amide bonds. The molecule has 0 atom stereocenters. The Morgan fingerprint density at radius 3 is 2.83 bits per heavy atom. The van der Waals surface area contributed by atoms with Crippen LogP contribution in [0.3, 0.4) is 0 Å². The third-order valence-electron chi connectivity index (χ3n) is 2.66. The van der Waals surface area contributed by atoms with Crippen molar-refractivity contribution >= 4 is 11.0 Å². The number of imidazole rings is 1. The van der Waals surface area contributed by atoms with Crippen molar-refractivity contribution < 1.29 is 9.13 Å². The summed E-state index contributed by atoms with van der Waals surface area (Å²) in [7, 11) is 1.61. The zero-order valence-corrected chi connectivity index (χ0v) is 9.64. The zero-order valence-electron chi connectivity index (χ0n) is 9.64. The minimum absolute atomic E-state index is 0.364. The van der Waals surface area contributed by atoms with E-state index in [-0.39, 0.29) is 5.82 Å². The van der Waals surface area contributed by atoms with Crippen molar-refractivity contribution in [3.63, 3.8) is 0 Å². The number of aromatic nitrogens is 3. The van der Waals surface area contributed by atoms with Gasteiger partial charge in [0, 0.05) is 6.07 Å². The number of hydrogen-bond donors (Lipinski definition) is 1. The predicted molar refractivity (Wildman–Crippen MR) is 65.8 cm³/mol. The summed E-state index contributed by atoms with van der Waals surface area (Å²) in [6.45, 7) is 0. The molecule has 2 aromatic heterocycles. The van der Waals surface area contributed by atoms with Crippen LogP contribution in [0.5, 0.6) is 5.75 Å². The lowest BCUT2D eigenvalue weighted by Crippen LogP contribution is -1.85. The molecule has 0 saturated carbocycles. The van der Waals surface area contributed by atoms with Gasteiger partial charge in [0.2, 0.25) is 0 Å². The van der Waals surface area contributed by atoms with E-state index in [0.29, 0.717) is 11.5 Å². The fourth-order valence-corrected chi connectivity index (χ4v) is 1.75. The first-order valence-electron chi connectivity index (χ1n) is 5.42. The van der Waals surface area contributed by atoms with Gasteiger partial charge >= 0.3 is 0 Å². The molecule has 4 nitrogen and oxygen atoms in total. The van der Waals surface area contributed by atoms with Crippen LogP contribution in [0.1, 0.15) is 0 Å². The van der Waals surface area contributed by atoms with E-state index in [0.717, 1.165) is 16.8 Å². The smallest absolute Gasteiger partial charge is 0.157 e. The average Bonchev–Trinajstić information content (AvgIpc) is 2.82. The second-order valence-electron chi connectivity index (χ2n) is 3.83. The molecule has 3 rings (SSSR count). The lowest BCUT2D eigenvalue weighted by atomic mass is 10.3. The lowest BCUT2D eigenvalue weighted by molar-refractivity contribution is 0.415. The number of ether oxygens (including phenoxy) is 1. The van der Waals surface area contributed by atoms with E-state index < -0.39 is 0 Å². The summed E-state index contributed by atoms with van der Waals surface area (Å²) >= 11 is 0. The molecule has 0 radical (unpaired) electrons. The summed E-state index contributed by atoms with van der Waals surface area (Å²) in [5.74, 6) is 1.000. The van der Waals surface area contributed by atoms with Gasteiger partial charge in [0.15, 0.2) is 5.82 Å². The Balaban J connectivity index is 2.10. The lowest BCUT2D eigenvalue weighted by Gasteiger charge is -1.96. The van der Waals surface area contributed by atoms with Crippen molar-refractivity contribution in [2.45, 2.75) is 0 Å². The molecule has 90 valence electrons. The maximum Gasteiger partial charge on any atom is 0.157 e. The second-order valence-corrected chi connectivity index (χ2v) is 3.83. The van der Waals surface area contributed by atoms with Gasteiger partial charge in [-0.05, 0) is 24.3 Å². The van der Waals surface area contributed by atoms with Crippen molar-refractivity contribution in [2.24, 2.45) is 0 Å². The number of methoxy groups -OCH3 is 1. The minimum atomic E-state index is -0.364. The molecule has 0 spiro atoms. The highest BCUT2D eigenvalue weighted by molar-refractivity contribution is 5.80. The number of rotatable bonds is 2. The summed E-state index contributed by atoms with van der Waals surface area (Å²) in [6, 6.07) is 8.50. The van der Waals surface area contributed by atoms with Gasteiger partial charge in [-0.2, -0.15) is 0 Å². The Kier molecular flexibility index (Phi) is 2.44. The molecule has 0 unspecified atom stereocenters. The maximum atomic E-state index is 12.8. The SMILES string of the molecule is COc1ccc2nc(-c3ccc(F)cn3)[nH]c2c1. The van der Waals surface area contributed by atoms with E-state index >= 15 is 0 Å². The van der Waals surface area contributed by atoms with Crippen LogP contribution in [-0.4, -0.2) is 22.1 Å². The standard InChI is InChI=1S/C13H10FN3O/c1-18-9-3-5-10-12(6-9)17-13(16-10)11-4-2-8(14)7-15-11/h2-7H,1H3,(H,16,17). The molecule has 1 N–H and O–H groups in total. The molecule has 0 aliphatic rings. The largest absolute Gasteiger partial charge is 0.497 e. The molecule has 1 aromatic carbocycles. The quantitative estimate of drug-likeness (QED) is 0.753. The molecule has 0 aliphatic carbocycles. The van der Waals surface area contributed by atoms with E-state index in [1.165, 1.54) is 12.3 Å². The van der Waals surface area contributed by atoms with Gasteiger partial charge in [-0.25, -0.2) is 14.4 Å². The molecule has 0 bridgehead atoms. The van der Waals surface area contributed by atoms with E-state index in [1.807, 2.05) is 18.2 Å². The van der Waals surface area contributed by atoms with Crippen LogP contribution in [0.4, 0.5) is 4.39 Å². The number of hydrogen-bond acceptors (Lipinski definition) is 3. The predicted octanol–water partition coefficient (Wildman–Crippen LogP) is 2.77. The number of halogens is 1. The maximum absolute atomic E-state index is 12.8.